The highest BCUT2D eigenvalue weighted by Crippen LogP contribution is 2.29. The minimum atomic E-state index is -4.35. The summed E-state index contributed by atoms with van der Waals surface area (Å²) in [6.45, 7) is 0.396. The van der Waals surface area contributed by atoms with Crippen LogP contribution in [0.2, 0.25) is 0 Å². The van der Waals surface area contributed by atoms with E-state index >= 15 is 0 Å². The van der Waals surface area contributed by atoms with Gasteiger partial charge in [-0.3, -0.25) is 0 Å². The molecule has 0 atom stereocenters. The van der Waals surface area contributed by atoms with Crippen molar-refractivity contribution >= 4 is 23.3 Å². The van der Waals surface area contributed by atoms with E-state index in [-0.39, 0.29) is 0 Å². The minimum absolute atomic E-state index is 0.336. The maximum Gasteiger partial charge on any atom is 0.416 e. The highest BCUT2D eigenvalue weighted by atomic mass is 19.4. The van der Waals surface area contributed by atoms with Gasteiger partial charge in [-0.25, -0.2) is 5.84 Å². The van der Waals surface area contributed by atoms with E-state index in [2.05, 4.69) is 26.0 Å². The summed E-state index contributed by atoms with van der Waals surface area (Å²) in [4.78, 5) is 8.58. The van der Waals surface area contributed by atoms with Gasteiger partial charge in [0.05, 0.1) is 5.56 Å². The Labute approximate surface area is 160 Å². The molecule has 0 aliphatic rings. The van der Waals surface area contributed by atoms with Crippen LogP contribution in [-0.2, 0) is 12.6 Å². The number of nitrogen functional groups attached to an aromatic ring is 1. The average Bonchev–Trinajstić information content (AvgIpc) is 2.68. The fraction of sp³-hybridized carbons (Fsp3) is 0.158. The van der Waals surface area contributed by atoms with Crippen LogP contribution in [0.3, 0.4) is 0 Å². The Balaban J connectivity index is 1.66. The number of nitrogens with zero attached hydrogens (tertiary/aromatic N) is 2. The molecule has 5 N–H and O–H groups in total. The Bertz CT molecular complexity index is 915. The van der Waals surface area contributed by atoms with Crippen molar-refractivity contribution in [3.8, 4) is 0 Å². The molecule has 0 aliphatic heterocycles. The number of hydrazine groups is 1. The summed E-state index contributed by atoms with van der Waals surface area (Å²) in [5.41, 5.74) is 3.20. The molecule has 3 rings (SSSR count). The Morgan fingerprint density at radius 2 is 1.64 bits per heavy atom. The van der Waals surface area contributed by atoms with Gasteiger partial charge in [0.1, 0.15) is 11.6 Å². The summed E-state index contributed by atoms with van der Waals surface area (Å²) in [7, 11) is 0. The fourth-order valence-corrected chi connectivity index (χ4v) is 2.56. The number of para-hydroxylation sites is 1. The summed E-state index contributed by atoms with van der Waals surface area (Å²) in [5.74, 6) is 6.68. The lowest BCUT2D eigenvalue weighted by Gasteiger charge is -2.12. The van der Waals surface area contributed by atoms with Crippen molar-refractivity contribution in [2.75, 3.05) is 22.6 Å². The summed E-state index contributed by atoms with van der Waals surface area (Å²) >= 11 is 0. The van der Waals surface area contributed by atoms with Gasteiger partial charge in [-0.2, -0.15) is 23.1 Å². The van der Waals surface area contributed by atoms with E-state index in [4.69, 9.17) is 5.84 Å². The Kier molecular flexibility index (Phi) is 5.95. The van der Waals surface area contributed by atoms with Crippen LogP contribution in [0.5, 0.6) is 0 Å². The molecule has 3 aromatic rings. The summed E-state index contributed by atoms with van der Waals surface area (Å²) < 4.78 is 38.4. The Morgan fingerprint density at radius 3 is 2.36 bits per heavy atom. The van der Waals surface area contributed by atoms with Crippen molar-refractivity contribution in [2.24, 2.45) is 5.84 Å². The zero-order chi connectivity index (χ0) is 20.0. The number of aromatic nitrogens is 2. The van der Waals surface area contributed by atoms with E-state index in [1.165, 1.54) is 6.07 Å². The number of nitrogens with two attached hydrogens (primary N) is 1. The fourth-order valence-electron chi connectivity index (χ4n) is 2.56. The predicted octanol–water partition coefficient (Wildman–Crippen LogP) is 4.18. The van der Waals surface area contributed by atoms with Crippen molar-refractivity contribution in [1.29, 1.82) is 0 Å². The number of rotatable bonds is 7. The van der Waals surface area contributed by atoms with Crippen LogP contribution >= 0.6 is 0 Å². The Hall–Kier alpha value is -3.33. The van der Waals surface area contributed by atoms with Crippen molar-refractivity contribution < 1.29 is 13.2 Å². The topological polar surface area (TPSA) is 87.9 Å². The van der Waals surface area contributed by atoms with Gasteiger partial charge >= 0.3 is 6.18 Å². The van der Waals surface area contributed by atoms with Gasteiger partial charge in [-0.15, -0.1) is 0 Å². The summed E-state index contributed by atoms with van der Waals surface area (Å²) in [6, 6.07) is 16.3. The van der Waals surface area contributed by atoms with Crippen LogP contribution in [0.1, 0.15) is 11.1 Å². The lowest BCUT2D eigenvalue weighted by atomic mass is 10.1. The molecule has 0 spiro atoms. The molecule has 146 valence electrons. The van der Waals surface area contributed by atoms with Crippen molar-refractivity contribution in [1.82, 2.24) is 9.97 Å². The van der Waals surface area contributed by atoms with Gasteiger partial charge in [0, 0.05) is 18.3 Å². The van der Waals surface area contributed by atoms with Gasteiger partial charge in [-0.1, -0.05) is 36.4 Å². The van der Waals surface area contributed by atoms with Crippen LogP contribution in [0, 0.1) is 0 Å². The highest BCUT2D eigenvalue weighted by molar-refractivity contribution is 5.58. The third-order valence-electron chi connectivity index (χ3n) is 3.88. The molecule has 28 heavy (non-hydrogen) atoms. The number of nitrogens with one attached hydrogen (secondary N) is 3. The number of alkyl halides is 3. The first-order chi connectivity index (χ1) is 13.4. The smallest absolute Gasteiger partial charge is 0.370 e. The van der Waals surface area contributed by atoms with Crippen molar-refractivity contribution in [3.05, 3.63) is 71.8 Å². The molecule has 0 saturated carbocycles. The number of hydrogen-bond acceptors (Lipinski definition) is 6. The maximum absolute atomic E-state index is 12.8. The second-order valence-electron chi connectivity index (χ2n) is 5.97. The molecule has 0 fully saturated rings. The Morgan fingerprint density at radius 1 is 0.893 bits per heavy atom. The molecule has 1 aromatic heterocycles. The molecule has 9 heteroatoms. The van der Waals surface area contributed by atoms with E-state index < -0.39 is 11.7 Å². The predicted molar refractivity (Wildman–Crippen MR) is 103 cm³/mol. The molecule has 2 aromatic carbocycles. The van der Waals surface area contributed by atoms with E-state index in [0.29, 0.717) is 36.1 Å². The van der Waals surface area contributed by atoms with Gasteiger partial charge in [0.15, 0.2) is 0 Å². The average molecular weight is 388 g/mol. The standard InChI is InChI=1S/C19H19F3N6/c20-19(21,22)14-6-4-5-13(11-14)9-10-24-16-12-17(28-23)27-18(26-16)25-15-7-2-1-3-8-15/h1-8,11-12H,9-10,23H2,(H3,24,25,26,27,28). The molecule has 0 aliphatic carbocycles. The van der Waals surface area contributed by atoms with E-state index in [0.717, 1.165) is 17.8 Å². The molecule has 0 bridgehead atoms. The van der Waals surface area contributed by atoms with Gasteiger partial charge in [0.25, 0.3) is 0 Å². The third-order valence-corrected chi connectivity index (χ3v) is 3.88. The zero-order valence-corrected chi connectivity index (χ0v) is 14.8. The van der Waals surface area contributed by atoms with E-state index in [1.54, 1.807) is 12.1 Å². The molecule has 0 amide bonds. The molecule has 0 unspecified atom stereocenters. The first kappa shape index (κ1) is 19.4. The number of halogens is 3. The molecule has 1 heterocycles. The van der Waals surface area contributed by atoms with Crippen LogP contribution in [0.25, 0.3) is 0 Å². The normalized spacial score (nSPS) is 11.1. The van der Waals surface area contributed by atoms with Crippen LogP contribution < -0.4 is 21.9 Å². The van der Waals surface area contributed by atoms with E-state index in [9.17, 15) is 13.2 Å². The first-order valence-electron chi connectivity index (χ1n) is 8.52. The molecular formula is C19H19F3N6. The van der Waals surface area contributed by atoms with Gasteiger partial charge in [-0.05, 0) is 30.2 Å². The molecule has 6 nitrogen and oxygen atoms in total. The number of benzene rings is 2. The van der Waals surface area contributed by atoms with Gasteiger partial charge in [0.2, 0.25) is 5.95 Å². The summed E-state index contributed by atoms with van der Waals surface area (Å²) in [6.07, 6.45) is -3.95. The minimum Gasteiger partial charge on any atom is -0.370 e. The number of anilines is 4. The van der Waals surface area contributed by atoms with Crippen LogP contribution in [-0.4, -0.2) is 16.5 Å². The number of hydrogen-bond donors (Lipinski definition) is 4. The second-order valence-corrected chi connectivity index (χ2v) is 5.97. The highest BCUT2D eigenvalue weighted by Gasteiger charge is 2.30. The van der Waals surface area contributed by atoms with Crippen LogP contribution in [0.15, 0.2) is 60.7 Å². The van der Waals surface area contributed by atoms with Crippen LogP contribution in [0.4, 0.5) is 36.4 Å². The molecule has 0 radical (unpaired) electrons. The molecular weight excluding hydrogens is 369 g/mol. The van der Waals surface area contributed by atoms with Crippen molar-refractivity contribution in [2.45, 2.75) is 12.6 Å². The lowest BCUT2D eigenvalue weighted by Crippen LogP contribution is -2.13. The first-order valence-corrected chi connectivity index (χ1v) is 8.52. The third kappa shape index (κ3) is 5.34. The SMILES string of the molecule is NNc1cc(NCCc2cccc(C(F)(F)F)c2)nc(Nc2ccccc2)n1. The second kappa shape index (κ2) is 8.57. The quantitative estimate of drug-likeness (QED) is 0.359. The summed E-state index contributed by atoms with van der Waals surface area (Å²) in [5, 5.41) is 6.15. The van der Waals surface area contributed by atoms with E-state index in [1.807, 2.05) is 30.3 Å². The van der Waals surface area contributed by atoms with Gasteiger partial charge < -0.3 is 16.1 Å². The monoisotopic (exact) mass is 388 g/mol. The van der Waals surface area contributed by atoms with Crippen molar-refractivity contribution in [3.63, 3.8) is 0 Å². The zero-order valence-electron chi connectivity index (χ0n) is 14.8. The largest absolute Gasteiger partial charge is 0.416 e. The lowest BCUT2D eigenvalue weighted by molar-refractivity contribution is -0.137. The maximum atomic E-state index is 12.8. The molecule has 0 saturated heterocycles.